The molecule has 0 saturated carbocycles. The Morgan fingerprint density at radius 3 is 2.11 bits per heavy atom. The Bertz CT molecular complexity index is 491. The largest absolute Gasteiger partial charge is 0.329 e. The number of carbonyl (C=O) groups is 2. The van der Waals surface area contributed by atoms with E-state index >= 15 is 0 Å². The highest BCUT2D eigenvalue weighted by molar-refractivity contribution is 6.35. The van der Waals surface area contributed by atoms with E-state index in [0.29, 0.717) is 15.7 Å². The summed E-state index contributed by atoms with van der Waals surface area (Å²) >= 11 is 11.5. The van der Waals surface area contributed by atoms with Gasteiger partial charge >= 0.3 is 6.03 Å². The molecule has 0 unspecified atom stereocenters. The Balaban J connectivity index is 0.000000492. The first-order chi connectivity index (χ1) is 8.49. The van der Waals surface area contributed by atoms with E-state index in [1.54, 1.807) is 0 Å². The zero-order chi connectivity index (χ0) is 13.7. The van der Waals surface area contributed by atoms with Crippen LogP contribution in [-0.4, -0.2) is 24.6 Å². The summed E-state index contributed by atoms with van der Waals surface area (Å²) in [5, 5.41) is 8.57. The number of hydrogen-bond donors (Lipinski definition) is 2. The Labute approximate surface area is 112 Å². The average Bonchev–Trinajstić information content (AvgIpc) is 2.58. The monoisotopic (exact) mass is 287 g/mol. The fourth-order valence-electron chi connectivity index (χ4n) is 1.35. The van der Waals surface area contributed by atoms with Crippen LogP contribution in [0.15, 0.2) is 18.2 Å². The minimum absolute atomic E-state index is 0.00294. The van der Waals surface area contributed by atoms with Crippen LogP contribution in [0, 0.1) is 5.41 Å². The van der Waals surface area contributed by atoms with Crippen LogP contribution >= 0.6 is 23.2 Å². The number of imide groups is 1. The van der Waals surface area contributed by atoms with Crippen LogP contribution in [0.5, 0.6) is 0 Å². The Morgan fingerprint density at radius 1 is 1.22 bits per heavy atom. The maximum atomic E-state index is 11.4. The molecule has 2 N–H and O–H groups in total. The second kappa shape index (κ2) is 6.16. The average molecular weight is 288 g/mol. The van der Waals surface area contributed by atoms with Crippen molar-refractivity contribution in [3.8, 4) is 0 Å². The van der Waals surface area contributed by atoms with E-state index in [4.69, 9.17) is 33.4 Å². The number of isocyanates is 1. The van der Waals surface area contributed by atoms with E-state index in [9.17, 15) is 9.59 Å². The van der Waals surface area contributed by atoms with Gasteiger partial charge in [-0.1, -0.05) is 23.2 Å². The predicted molar refractivity (Wildman–Crippen MR) is 65.8 cm³/mol. The van der Waals surface area contributed by atoms with E-state index in [1.165, 1.54) is 18.2 Å². The number of rotatable bonds is 1. The molecule has 2 rings (SSSR count). The zero-order valence-corrected chi connectivity index (χ0v) is 10.4. The van der Waals surface area contributed by atoms with Crippen molar-refractivity contribution in [1.82, 2.24) is 5.32 Å². The Morgan fingerprint density at radius 2 is 1.72 bits per heavy atom. The molecular formula is C10H7Cl2N3O3. The van der Waals surface area contributed by atoms with Crippen molar-refractivity contribution in [2.45, 2.75) is 0 Å². The first-order valence-corrected chi connectivity index (χ1v) is 5.36. The van der Waals surface area contributed by atoms with Crippen LogP contribution in [0.1, 0.15) is 0 Å². The molecule has 1 heterocycles. The molecule has 0 spiro atoms. The molecule has 1 aliphatic rings. The highest BCUT2D eigenvalue weighted by atomic mass is 35.5. The number of benzene rings is 1. The van der Waals surface area contributed by atoms with Crippen molar-refractivity contribution in [3.05, 3.63) is 28.2 Å². The maximum Gasteiger partial charge on any atom is 0.329 e. The molecule has 1 fully saturated rings. The quantitative estimate of drug-likeness (QED) is 0.470. The summed E-state index contributed by atoms with van der Waals surface area (Å²) < 4.78 is 0. The number of nitrogens with one attached hydrogen (secondary N) is 2. The minimum atomic E-state index is -0.460. The van der Waals surface area contributed by atoms with Crippen LogP contribution in [0.25, 0.3) is 0 Å². The molecule has 0 atom stereocenters. The molecule has 1 aromatic rings. The number of carbonyl (C=O) groups excluding carboxylic acids is 3. The lowest BCUT2D eigenvalue weighted by Gasteiger charge is -2.12. The van der Waals surface area contributed by atoms with Gasteiger partial charge < -0.3 is 5.32 Å². The van der Waals surface area contributed by atoms with Crippen LogP contribution in [0.2, 0.25) is 10.0 Å². The molecule has 8 heteroatoms. The van der Waals surface area contributed by atoms with Gasteiger partial charge in [0.05, 0.1) is 12.2 Å². The van der Waals surface area contributed by atoms with Gasteiger partial charge in [-0.05, 0) is 18.2 Å². The first-order valence-electron chi connectivity index (χ1n) is 4.60. The molecule has 1 aromatic carbocycles. The number of urea groups is 1. The Hall–Kier alpha value is -1.88. The van der Waals surface area contributed by atoms with Crippen molar-refractivity contribution < 1.29 is 14.4 Å². The van der Waals surface area contributed by atoms with E-state index in [-0.39, 0.29) is 12.5 Å². The first kappa shape index (κ1) is 14.2. The van der Waals surface area contributed by atoms with Gasteiger partial charge in [0.1, 0.15) is 0 Å². The third-order valence-corrected chi connectivity index (χ3v) is 2.39. The molecule has 0 bridgehead atoms. The maximum absolute atomic E-state index is 11.4. The number of nitrogens with zero attached hydrogens (tertiary/aromatic N) is 1. The number of amides is 3. The molecule has 1 saturated heterocycles. The zero-order valence-electron chi connectivity index (χ0n) is 8.87. The summed E-state index contributed by atoms with van der Waals surface area (Å²) in [5.41, 5.74) is 0.382. The fraction of sp³-hybridized carbons (Fsp3) is 0.100. The van der Waals surface area contributed by atoms with Crippen LogP contribution in [0.4, 0.5) is 10.5 Å². The van der Waals surface area contributed by atoms with Gasteiger partial charge in [0.2, 0.25) is 6.08 Å². The summed E-state index contributed by atoms with van der Waals surface area (Å²) in [4.78, 5) is 32.0. The molecule has 6 nitrogen and oxygen atoms in total. The normalized spacial score (nSPS) is 13.6. The third-order valence-electron chi connectivity index (χ3n) is 1.95. The van der Waals surface area contributed by atoms with Gasteiger partial charge in [0.15, 0.2) is 0 Å². The molecule has 94 valence electrons. The summed E-state index contributed by atoms with van der Waals surface area (Å²) in [5.74, 6) is -0.321. The van der Waals surface area contributed by atoms with E-state index in [1.807, 2.05) is 0 Å². The van der Waals surface area contributed by atoms with E-state index in [2.05, 4.69) is 5.32 Å². The van der Waals surface area contributed by atoms with Gasteiger partial charge in [-0.25, -0.2) is 19.9 Å². The predicted octanol–water partition coefficient (Wildman–Crippen LogP) is 1.95. The number of hydrogen-bond acceptors (Lipinski definition) is 4. The van der Waals surface area contributed by atoms with Crippen LogP contribution < -0.4 is 10.2 Å². The van der Waals surface area contributed by atoms with Crippen LogP contribution in [-0.2, 0) is 9.59 Å². The topological polar surface area (TPSA) is 90.3 Å². The summed E-state index contributed by atoms with van der Waals surface area (Å²) in [6.07, 6.45) is 0.750. The second-order valence-corrected chi connectivity index (χ2v) is 3.99. The lowest BCUT2D eigenvalue weighted by Crippen LogP contribution is -2.30. The molecule has 18 heavy (non-hydrogen) atoms. The van der Waals surface area contributed by atoms with E-state index in [0.717, 1.165) is 11.0 Å². The highest BCUT2D eigenvalue weighted by Crippen LogP contribution is 2.26. The number of halogens is 2. The van der Waals surface area contributed by atoms with E-state index < -0.39 is 6.03 Å². The molecule has 0 aromatic heterocycles. The third kappa shape index (κ3) is 3.30. The standard InChI is InChI=1S/C9H6Cl2N2O2.CHNO/c10-5-1-6(11)3-7(2-5)13-8(14)4-12-9(13)15;2-1-3/h1-3H,4H2,(H,12,15);2H. The van der Waals surface area contributed by atoms with Crippen molar-refractivity contribution in [1.29, 1.82) is 5.41 Å². The molecular weight excluding hydrogens is 281 g/mol. The molecule has 3 amide bonds. The van der Waals surface area contributed by atoms with Gasteiger partial charge in [0, 0.05) is 10.0 Å². The summed E-state index contributed by atoms with van der Waals surface area (Å²) in [6.45, 7) is 0.00294. The van der Waals surface area contributed by atoms with Crippen LogP contribution in [0.3, 0.4) is 0 Å². The second-order valence-electron chi connectivity index (χ2n) is 3.12. The smallest absolute Gasteiger partial charge is 0.328 e. The summed E-state index contributed by atoms with van der Waals surface area (Å²) in [6, 6.07) is 4.09. The SMILES string of the molecule is N=C=O.O=C1CNC(=O)N1c1cc(Cl)cc(Cl)c1. The lowest BCUT2D eigenvalue weighted by molar-refractivity contribution is -0.115. The van der Waals surface area contributed by atoms with Crippen molar-refractivity contribution >= 4 is 46.9 Å². The van der Waals surface area contributed by atoms with Crippen molar-refractivity contribution in [2.24, 2.45) is 0 Å². The van der Waals surface area contributed by atoms with Crippen molar-refractivity contribution in [2.75, 3.05) is 11.4 Å². The number of anilines is 1. The minimum Gasteiger partial charge on any atom is -0.328 e. The van der Waals surface area contributed by atoms with Crippen molar-refractivity contribution in [3.63, 3.8) is 0 Å². The molecule has 0 aliphatic carbocycles. The molecule has 1 aliphatic heterocycles. The van der Waals surface area contributed by atoms with Gasteiger partial charge in [-0.3, -0.25) is 4.79 Å². The fourth-order valence-corrected chi connectivity index (χ4v) is 1.87. The highest BCUT2D eigenvalue weighted by Gasteiger charge is 2.30. The van der Waals surface area contributed by atoms with Gasteiger partial charge in [0.25, 0.3) is 5.91 Å². The lowest BCUT2D eigenvalue weighted by atomic mass is 10.3. The molecule has 0 radical (unpaired) electrons. The van der Waals surface area contributed by atoms with Gasteiger partial charge in [-0.2, -0.15) is 0 Å². The summed E-state index contributed by atoms with van der Waals surface area (Å²) in [7, 11) is 0. The van der Waals surface area contributed by atoms with Gasteiger partial charge in [-0.15, -0.1) is 0 Å². The Kier molecular flexibility index (Phi) is 4.85.